The van der Waals surface area contributed by atoms with E-state index < -0.39 is 0 Å². The molecule has 0 bridgehead atoms. The van der Waals surface area contributed by atoms with Gasteiger partial charge >= 0.3 is 54.1 Å². The molecule has 2 aliphatic rings. The number of nitrogens with zero attached hydrogens (tertiary/aromatic N) is 8. The fourth-order valence-electron chi connectivity index (χ4n) is 8.39. The minimum absolute atomic E-state index is 0. The molecule has 6 heterocycles. The van der Waals surface area contributed by atoms with Gasteiger partial charge in [0.05, 0.1) is 0 Å². The first-order valence-electron chi connectivity index (χ1n) is 20.0. The minimum atomic E-state index is 0. The summed E-state index contributed by atoms with van der Waals surface area (Å²) in [6.45, 7) is 0. The van der Waals surface area contributed by atoms with Crippen LogP contribution in [-0.4, -0.2) is 54.4 Å². The molecule has 12 heteroatoms. The summed E-state index contributed by atoms with van der Waals surface area (Å²) in [5.74, 6) is 3.62. The SMILES string of the molecule is C[N+]1=C=[N+](c2[c-]c(Oc3[c-]c4c(cc3)c3c(c5ccc(Oc6[c-]c([N+]7=C=[N+](C)c8ccccc87)ccc6)[c-]c5n3-c3ccccn3)n4-c3ccccn3)ccc2)c2ccccc21.[Pt+2].[Pt+2]. The molecule has 2 aliphatic heterocycles. The van der Waals surface area contributed by atoms with Gasteiger partial charge < -0.3 is 18.6 Å². The van der Waals surface area contributed by atoms with Gasteiger partial charge in [0.2, 0.25) is 0 Å². The van der Waals surface area contributed by atoms with E-state index in [0.717, 1.165) is 78.6 Å². The van der Waals surface area contributed by atoms with E-state index >= 15 is 0 Å². The van der Waals surface area contributed by atoms with Crippen molar-refractivity contribution in [3.8, 4) is 34.6 Å². The number of benzene rings is 6. The third-order valence-electron chi connectivity index (χ3n) is 11.1. The maximum Gasteiger partial charge on any atom is 2.00 e. The zero-order chi connectivity index (χ0) is 41.3. The quantitative estimate of drug-likeness (QED) is 0.112. The molecule has 0 radical (unpaired) electrons. The van der Waals surface area contributed by atoms with E-state index in [-0.39, 0.29) is 42.1 Å². The maximum atomic E-state index is 6.54. The summed E-state index contributed by atoms with van der Waals surface area (Å²) in [6.07, 6.45) is 3.59. The van der Waals surface area contributed by atoms with Crippen molar-refractivity contribution in [3.63, 3.8) is 0 Å². The van der Waals surface area contributed by atoms with Gasteiger partial charge in [0.1, 0.15) is 23.0 Å². The van der Waals surface area contributed by atoms with Crippen molar-refractivity contribution in [1.82, 2.24) is 28.3 Å². The van der Waals surface area contributed by atoms with E-state index in [0.29, 0.717) is 23.0 Å². The molecule has 0 unspecified atom stereocenters. The monoisotopic (exact) mass is 1190 g/mol. The molecule has 0 saturated heterocycles. The maximum absolute atomic E-state index is 6.54. The summed E-state index contributed by atoms with van der Waals surface area (Å²) in [5, 5.41) is 1.86. The summed E-state index contributed by atoms with van der Waals surface area (Å²) < 4.78 is 25.3. The molecule has 308 valence electrons. The van der Waals surface area contributed by atoms with Crippen LogP contribution in [0.3, 0.4) is 0 Å². The van der Waals surface area contributed by atoms with Crippen LogP contribution in [0.25, 0.3) is 44.5 Å². The first-order valence-corrected chi connectivity index (χ1v) is 20.0. The number of para-hydroxylation sites is 4. The summed E-state index contributed by atoms with van der Waals surface area (Å²) in [6, 6.07) is 68.8. The van der Waals surface area contributed by atoms with E-state index in [1.165, 1.54) is 0 Å². The van der Waals surface area contributed by atoms with Crippen LogP contribution in [0.4, 0.5) is 34.1 Å². The van der Waals surface area contributed by atoms with E-state index in [4.69, 9.17) is 19.4 Å². The zero-order valence-corrected chi connectivity index (χ0v) is 38.6. The van der Waals surface area contributed by atoms with Crippen LogP contribution in [0.15, 0.2) is 158 Å². The normalized spacial score (nSPS) is 12.5. The smallest absolute Gasteiger partial charge is 0.509 e. The second-order valence-electron chi connectivity index (χ2n) is 14.9. The van der Waals surface area contributed by atoms with Crippen molar-refractivity contribution >= 4 is 79.0 Å². The van der Waals surface area contributed by atoms with Gasteiger partial charge in [-0.2, -0.15) is 24.3 Å². The molecule has 0 fully saturated rings. The molecular formula is C52H32N8O2Pt2+4. The van der Waals surface area contributed by atoms with E-state index in [2.05, 4.69) is 81.8 Å². The van der Waals surface area contributed by atoms with Crippen LogP contribution >= 0.6 is 0 Å². The average Bonchev–Trinajstić information content (AvgIpc) is 4.04. The Hall–Kier alpha value is -7.30. The van der Waals surface area contributed by atoms with Crippen molar-refractivity contribution in [1.29, 1.82) is 0 Å². The molecule has 0 saturated carbocycles. The molecule has 12 rings (SSSR count). The number of pyridine rings is 2. The van der Waals surface area contributed by atoms with Crippen LogP contribution in [0.2, 0.25) is 0 Å². The van der Waals surface area contributed by atoms with Crippen molar-refractivity contribution in [2.45, 2.75) is 0 Å². The van der Waals surface area contributed by atoms with Gasteiger partial charge in [-0.05, 0) is 24.3 Å². The van der Waals surface area contributed by atoms with Gasteiger partial charge in [-0.25, -0.2) is 9.97 Å². The number of hydrogen-bond acceptors (Lipinski definition) is 4. The standard InChI is InChI=1S/C52H32N8O2.2Pt/c1-55-33-57(45-19-5-3-17-43(45)55)35-13-11-15-37(29-35)61-39-23-25-41-47(31-39)59(49-21-7-9-27-53-49)52-42-26-24-40(32-48(42)60(51(41)52)50-22-8-10-28-54-50)62-38-16-12-14-36(30-38)58-34-56(2)44-18-4-6-20-46(44)58;;/h3-28H,1-2H3;;/q;2*+2. The molecule has 6 aromatic carbocycles. The molecule has 0 N–H and O–H groups in total. The van der Waals surface area contributed by atoms with Crippen LogP contribution in [0.1, 0.15) is 0 Å². The van der Waals surface area contributed by atoms with Crippen LogP contribution in [0.5, 0.6) is 23.0 Å². The number of rotatable bonds is 8. The van der Waals surface area contributed by atoms with Crippen LogP contribution in [0, 0.1) is 24.3 Å². The zero-order valence-electron chi connectivity index (χ0n) is 34.0. The molecule has 64 heavy (non-hydrogen) atoms. The molecule has 0 aliphatic carbocycles. The summed E-state index contributed by atoms with van der Waals surface area (Å²) >= 11 is 0. The Morgan fingerprint density at radius 3 is 1.27 bits per heavy atom. The second kappa shape index (κ2) is 16.4. The van der Waals surface area contributed by atoms with Gasteiger partial charge in [0, 0.05) is 70.7 Å². The predicted octanol–water partition coefficient (Wildman–Crippen LogP) is 10.9. The van der Waals surface area contributed by atoms with Crippen LogP contribution < -0.4 is 18.6 Å². The molecule has 4 aromatic heterocycles. The number of fused-ring (bicyclic) bond motifs is 7. The Labute approximate surface area is 396 Å². The molecule has 0 amide bonds. The van der Waals surface area contributed by atoms with E-state index in [9.17, 15) is 0 Å². The van der Waals surface area contributed by atoms with Crippen molar-refractivity contribution in [2.24, 2.45) is 0 Å². The fourth-order valence-corrected chi connectivity index (χ4v) is 8.39. The van der Waals surface area contributed by atoms with Gasteiger partial charge in [-0.3, -0.25) is 0 Å². The van der Waals surface area contributed by atoms with Gasteiger partial charge in [0.25, 0.3) is 22.7 Å². The Kier molecular flexibility index (Phi) is 10.5. The van der Waals surface area contributed by atoms with E-state index in [1.807, 2.05) is 142 Å². The topological polar surface area (TPSA) is 66.1 Å². The number of ether oxygens (including phenoxy) is 2. The molecule has 10 aromatic rings. The average molecular weight is 1190 g/mol. The second-order valence-corrected chi connectivity index (χ2v) is 14.9. The van der Waals surface area contributed by atoms with Crippen LogP contribution in [-0.2, 0) is 42.1 Å². The largest absolute Gasteiger partial charge is 2.00 e. The minimum Gasteiger partial charge on any atom is -0.509 e. The van der Waals surface area contributed by atoms with Crippen molar-refractivity contribution in [3.05, 3.63) is 182 Å². The summed E-state index contributed by atoms with van der Waals surface area (Å²) in [4.78, 5) is 9.68. The van der Waals surface area contributed by atoms with Crippen molar-refractivity contribution in [2.75, 3.05) is 14.1 Å². The molecular weight excluding hydrogens is 1160 g/mol. The summed E-state index contributed by atoms with van der Waals surface area (Å²) in [7, 11) is 3.97. The summed E-state index contributed by atoms with van der Waals surface area (Å²) in [5.41, 5.74) is 9.22. The van der Waals surface area contributed by atoms with Crippen molar-refractivity contribution < 1.29 is 60.8 Å². The Morgan fingerprint density at radius 1 is 0.438 bits per heavy atom. The molecule has 0 atom stereocenters. The first kappa shape index (κ1) is 40.8. The first-order chi connectivity index (χ1) is 30.6. The number of hydrogen-bond donors (Lipinski definition) is 0. The Morgan fingerprint density at radius 2 is 0.844 bits per heavy atom. The Balaban J connectivity index is 0.00000242. The third-order valence-corrected chi connectivity index (χ3v) is 11.1. The molecule has 0 spiro atoms. The van der Waals surface area contributed by atoms with Gasteiger partial charge in [0.15, 0.2) is 14.1 Å². The van der Waals surface area contributed by atoms with Gasteiger partial charge in [-0.15, -0.1) is 36.4 Å². The van der Waals surface area contributed by atoms with E-state index in [1.54, 1.807) is 12.4 Å². The Bertz CT molecular complexity index is 3400. The van der Waals surface area contributed by atoms with Gasteiger partial charge in [-0.1, -0.05) is 101 Å². The third kappa shape index (κ3) is 6.76. The fraction of sp³-hybridized carbons (Fsp3) is 0.0385. The molecule has 10 nitrogen and oxygen atoms in total. The predicted molar refractivity (Wildman–Crippen MR) is 239 cm³/mol. The number of aromatic nitrogens is 4.